The Morgan fingerprint density at radius 3 is 2.79 bits per heavy atom. The van der Waals surface area contributed by atoms with Crippen LogP contribution in [0.3, 0.4) is 0 Å². The van der Waals surface area contributed by atoms with E-state index in [4.69, 9.17) is 0 Å². The molecule has 0 amide bonds. The lowest BCUT2D eigenvalue weighted by Gasteiger charge is -2.22. The Bertz CT molecular complexity index is 378. The molecule has 0 bridgehead atoms. The summed E-state index contributed by atoms with van der Waals surface area (Å²) in [6.07, 6.45) is 2.50. The van der Waals surface area contributed by atoms with Crippen molar-refractivity contribution < 1.29 is 4.39 Å². The van der Waals surface area contributed by atoms with Crippen LogP contribution in [-0.2, 0) is 13.6 Å². The first kappa shape index (κ1) is 18.2. The largest absolute Gasteiger partial charge is 0.357 e. The number of rotatable bonds is 6. The second-order valence-corrected chi connectivity index (χ2v) is 4.24. The van der Waals surface area contributed by atoms with E-state index in [0.29, 0.717) is 13.0 Å². The van der Waals surface area contributed by atoms with Crippen LogP contribution in [0.4, 0.5) is 4.39 Å². The van der Waals surface area contributed by atoms with Crippen molar-refractivity contribution in [2.45, 2.75) is 19.9 Å². The Morgan fingerprint density at radius 2 is 2.26 bits per heavy atom. The van der Waals surface area contributed by atoms with E-state index in [9.17, 15) is 4.39 Å². The number of nitrogens with zero attached hydrogens (tertiary/aromatic N) is 3. The molecule has 0 aliphatic heterocycles. The summed E-state index contributed by atoms with van der Waals surface area (Å²) in [6.45, 7) is 3.83. The fourth-order valence-electron chi connectivity index (χ4n) is 1.69. The summed E-state index contributed by atoms with van der Waals surface area (Å²) < 4.78 is 14.2. The van der Waals surface area contributed by atoms with Crippen LogP contribution in [0, 0.1) is 0 Å². The number of halogens is 2. The van der Waals surface area contributed by atoms with Crippen LogP contribution in [0.25, 0.3) is 0 Å². The minimum Gasteiger partial charge on any atom is -0.357 e. The predicted octanol–water partition coefficient (Wildman–Crippen LogP) is 2.40. The van der Waals surface area contributed by atoms with E-state index in [1.54, 1.807) is 0 Å². The van der Waals surface area contributed by atoms with Crippen molar-refractivity contribution in [1.82, 2.24) is 14.8 Å². The number of guanidine groups is 1. The molecule has 0 saturated heterocycles. The fourth-order valence-corrected chi connectivity index (χ4v) is 1.69. The van der Waals surface area contributed by atoms with Gasteiger partial charge < -0.3 is 14.8 Å². The fraction of sp³-hybridized carbons (Fsp3) is 0.615. The number of aromatic nitrogens is 1. The summed E-state index contributed by atoms with van der Waals surface area (Å²) in [5, 5.41) is 3.22. The van der Waals surface area contributed by atoms with E-state index in [1.165, 1.54) is 5.69 Å². The second-order valence-electron chi connectivity index (χ2n) is 4.24. The van der Waals surface area contributed by atoms with E-state index in [2.05, 4.69) is 25.8 Å². The van der Waals surface area contributed by atoms with Gasteiger partial charge in [-0.05, 0) is 25.5 Å². The van der Waals surface area contributed by atoms with Gasteiger partial charge >= 0.3 is 0 Å². The van der Waals surface area contributed by atoms with Crippen LogP contribution in [0.2, 0.25) is 0 Å². The highest BCUT2D eigenvalue weighted by Crippen LogP contribution is 2.03. The Hall–Kier alpha value is -0.790. The molecule has 1 rings (SSSR count). The molecule has 0 fully saturated rings. The first-order chi connectivity index (χ1) is 8.69. The molecule has 19 heavy (non-hydrogen) atoms. The van der Waals surface area contributed by atoms with Gasteiger partial charge in [-0.2, -0.15) is 0 Å². The Balaban J connectivity index is 0.00000324. The van der Waals surface area contributed by atoms with Gasteiger partial charge in [0.1, 0.15) is 0 Å². The summed E-state index contributed by atoms with van der Waals surface area (Å²) in [5.41, 5.74) is 1.22. The second kappa shape index (κ2) is 10.1. The lowest BCUT2D eigenvalue weighted by Crippen LogP contribution is -2.38. The molecule has 0 aliphatic rings. The molecule has 110 valence electrons. The number of alkyl halides is 1. The minimum absolute atomic E-state index is 0. The van der Waals surface area contributed by atoms with Gasteiger partial charge in [-0.25, -0.2) is 0 Å². The Labute approximate surface area is 132 Å². The highest BCUT2D eigenvalue weighted by Gasteiger charge is 2.07. The number of hydrogen-bond donors (Lipinski definition) is 1. The molecule has 0 unspecified atom stereocenters. The summed E-state index contributed by atoms with van der Waals surface area (Å²) in [6, 6.07) is 4.11. The van der Waals surface area contributed by atoms with Crippen LogP contribution < -0.4 is 5.32 Å². The summed E-state index contributed by atoms with van der Waals surface area (Å²) >= 11 is 0. The molecule has 1 heterocycles. The van der Waals surface area contributed by atoms with Crippen LogP contribution >= 0.6 is 24.0 Å². The third kappa shape index (κ3) is 6.26. The third-order valence-corrected chi connectivity index (χ3v) is 2.70. The quantitative estimate of drug-likeness (QED) is 0.355. The highest BCUT2D eigenvalue weighted by molar-refractivity contribution is 14.0. The zero-order chi connectivity index (χ0) is 13.4. The highest BCUT2D eigenvalue weighted by atomic mass is 127. The van der Waals surface area contributed by atoms with Crippen molar-refractivity contribution in [3.63, 3.8) is 0 Å². The molecule has 1 aromatic rings. The van der Waals surface area contributed by atoms with Gasteiger partial charge in [-0.3, -0.25) is 9.38 Å². The average molecular weight is 382 g/mol. The third-order valence-electron chi connectivity index (χ3n) is 2.70. The molecule has 4 nitrogen and oxygen atoms in total. The maximum absolute atomic E-state index is 12.1. The Morgan fingerprint density at radius 1 is 1.53 bits per heavy atom. The zero-order valence-corrected chi connectivity index (χ0v) is 14.2. The molecule has 0 radical (unpaired) electrons. The molecule has 0 saturated carbocycles. The maximum atomic E-state index is 12.1. The van der Waals surface area contributed by atoms with Crippen LogP contribution in [0.15, 0.2) is 23.3 Å². The van der Waals surface area contributed by atoms with Crippen molar-refractivity contribution >= 4 is 29.9 Å². The predicted molar refractivity (Wildman–Crippen MR) is 88.9 cm³/mol. The number of nitrogens with one attached hydrogen (secondary N) is 1. The van der Waals surface area contributed by atoms with Crippen LogP contribution in [0.5, 0.6) is 0 Å². The van der Waals surface area contributed by atoms with Crippen molar-refractivity contribution in [2.24, 2.45) is 12.0 Å². The van der Waals surface area contributed by atoms with Gasteiger partial charge in [0, 0.05) is 39.1 Å². The van der Waals surface area contributed by atoms with Crippen molar-refractivity contribution in [3.05, 3.63) is 24.0 Å². The van der Waals surface area contributed by atoms with Gasteiger partial charge in [0.05, 0.1) is 13.2 Å². The lowest BCUT2D eigenvalue weighted by molar-refractivity contribution is 0.454. The lowest BCUT2D eigenvalue weighted by atomic mass is 10.4. The molecule has 0 aliphatic carbocycles. The smallest absolute Gasteiger partial charge is 0.194 e. The van der Waals surface area contributed by atoms with E-state index in [1.807, 2.05) is 33.3 Å². The standard InChI is InChI=1S/C13H23FN4.HI/c1-4-15-13(16-9-6-8-14)18(3)11-12-7-5-10-17(12)2;/h5,7,10H,4,6,8-9,11H2,1-3H3,(H,15,16);1H. The normalized spacial score (nSPS) is 11.1. The summed E-state index contributed by atoms with van der Waals surface area (Å²) in [5.74, 6) is 0.826. The van der Waals surface area contributed by atoms with Crippen molar-refractivity contribution in [3.8, 4) is 0 Å². The number of aliphatic imine (C=N–C) groups is 1. The van der Waals surface area contributed by atoms with Crippen molar-refractivity contribution in [1.29, 1.82) is 0 Å². The molecular formula is C13H24FIN4. The van der Waals surface area contributed by atoms with Crippen LogP contribution in [-0.4, -0.2) is 42.2 Å². The molecule has 0 spiro atoms. The SMILES string of the molecule is CCNC(=NCCCF)N(C)Cc1cccn1C.I. The molecule has 6 heteroatoms. The molecule has 1 aromatic heterocycles. The number of hydrogen-bond acceptors (Lipinski definition) is 1. The van der Waals surface area contributed by atoms with Gasteiger partial charge in [0.15, 0.2) is 5.96 Å². The van der Waals surface area contributed by atoms with Gasteiger partial charge in [0.2, 0.25) is 0 Å². The molecule has 0 atom stereocenters. The van der Waals surface area contributed by atoms with Crippen molar-refractivity contribution in [2.75, 3.05) is 26.8 Å². The topological polar surface area (TPSA) is 32.6 Å². The van der Waals surface area contributed by atoms with Gasteiger partial charge in [0.25, 0.3) is 0 Å². The van der Waals surface area contributed by atoms with Crippen LogP contribution in [0.1, 0.15) is 19.0 Å². The number of aryl methyl sites for hydroxylation is 1. The zero-order valence-electron chi connectivity index (χ0n) is 11.9. The maximum Gasteiger partial charge on any atom is 0.194 e. The van der Waals surface area contributed by atoms with Gasteiger partial charge in [-0.15, -0.1) is 24.0 Å². The van der Waals surface area contributed by atoms with E-state index >= 15 is 0 Å². The van der Waals surface area contributed by atoms with E-state index < -0.39 is 0 Å². The first-order valence-corrected chi connectivity index (χ1v) is 6.34. The molecule has 1 N–H and O–H groups in total. The van der Waals surface area contributed by atoms with Gasteiger partial charge in [-0.1, -0.05) is 0 Å². The Kier molecular flexibility index (Phi) is 9.63. The van der Waals surface area contributed by atoms with E-state index in [-0.39, 0.29) is 30.7 Å². The summed E-state index contributed by atoms with van der Waals surface area (Å²) in [4.78, 5) is 6.45. The molecular weight excluding hydrogens is 358 g/mol. The molecule has 0 aromatic carbocycles. The average Bonchev–Trinajstić information content (AvgIpc) is 2.74. The van der Waals surface area contributed by atoms with E-state index in [0.717, 1.165) is 19.0 Å². The minimum atomic E-state index is -0.315. The monoisotopic (exact) mass is 382 g/mol. The first-order valence-electron chi connectivity index (χ1n) is 6.34. The summed E-state index contributed by atoms with van der Waals surface area (Å²) in [7, 11) is 4.01.